The van der Waals surface area contributed by atoms with Gasteiger partial charge in [0.05, 0.1) is 6.61 Å². The molecule has 0 saturated heterocycles. The van der Waals surface area contributed by atoms with Crippen molar-refractivity contribution in [3.05, 3.63) is 0 Å². The van der Waals surface area contributed by atoms with Gasteiger partial charge in [0.2, 0.25) is 0 Å². The molecule has 8 heteroatoms. The number of carbonyl (C=O) groups excluding carboxylic acids is 2. The minimum Gasteiger partial charge on any atom is -0.464 e. The SMILES string of the molecule is CCOC(=O)[C@H](CCSC)NC(=O)N(CCCl)CCCl. The topological polar surface area (TPSA) is 58.6 Å². The van der Waals surface area contributed by atoms with Crippen LogP contribution in [0.5, 0.6) is 0 Å². The molecule has 0 aromatic rings. The highest BCUT2D eigenvalue weighted by atomic mass is 35.5. The maximum Gasteiger partial charge on any atom is 0.328 e. The molecule has 0 rings (SSSR count). The van der Waals surface area contributed by atoms with Crippen LogP contribution < -0.4 is 5.32 Å². The van der Waals surface area contributed by atoms with E-state index >= 15 is 0 Å². The fourth-order valence-electron chi connectivity index (χ4n) is 1.49. The van der Waals surface area contributed by atoms with Gasteiger partial charge in [-0.15, -0.1) is 23.2 Å². The van der Waals surface area contributed by atoms with Crippen LogP contribution in [0.25, 0.3) is 0 Å². The zero-order valence-electron chi connectivity index (χ0n) is 11.9. The predicted octanol–water partition coefficient (Wildman–Crippen LogP) is 2.16. The van der Waals surface area contributed by atoms with Crippen molar-refractivity contribution in [1.29, 1.82) is 0 Å². The first kappa shape index (κ1) is 19.7. The van der Waals surface area contributed by atoms with Crippen LogP contribution in [-0.4, -0.2) is 66.4 Å². The van der Waals surface area contributed by atoms with Gasteiger partial charge in [0.25, 0.3) is 0 Å². The van der Waals surface area contributed by atoms with Gasteiger partial charge in [-0.05, 0) is 25.4 Å². The largest absolute Gasteiger partial charge is 0.464 e. The molecule has 0 spiro atoms. The third-order valence-electron chi connectivity index (χ3n) is 2.48. The number of thioether (sulfide) groups is 1. The Balaban J connectivity index is 4.58. The number of halogens is 2. The molecule has 118 valence electrons. The molecule has 0 bridgehead atoms. The van der Waals surface area contributed by atoms with Crippen LogP contribution >= 0.6 is 35.0 Å². The lowest BCUT2D eigenvalue weighted by atomic mass is 10.2. The minimum atomic E-state index is -0.636. The predicted molar refractivity (Wildman–Crippen MR) is 85.0 cm³/mol. The third-order valence-corrected chi connectivity index (χ3v) is 3.46. The number of ether oxygens (including phenoxy) is 1. The first-order chi connectivity index (χ1) is 9.60. The Labute approximate surface area is 134 Å². The normalized spacial score (nSPS) is 11.8. The summed E-state index contributed by atoms with van der Waals surface area (Å²) in [6.45, 7) is 2.80. The summed E-state index contributed by atoms with van der Waals surface area (Å²) in [5, 5.41) is 2.69. The summed E-state index contributed by atoms with van der Waals surface area (Å²) in [5.74, 6) is 0.985. The number of nitrogens with one attached hydrogen (secondary N) is 1. The van der Waals surface area contributed by atoms with E-state index in [0.29, 0.717) is 31.3 Å². The summed E-state index contributed by atoms with van der Waals surface area (Å²) >= 11 is 12.9. The second-order valence-electron chi connectivity index (χ2n) is 3.90. The van der Waals surface area contributed by atoms with Crippen molar-refractivity contribution in [2.75, 3.05) is 43.5 Å². The van der Waals surface area contributed by atoms with Crippen LogP contribution in [-0.2, 0) is 9.53 Å². The Morgan fingerprint density at radius 3 is 2.35 bits per heavy atom. The number of carbonyl (C=O) groups is 2. The van der Waals surface area contributed by atoms with E-state index in [1.165, 1.54) is 4.90 Å². The Hall–Kier alpha value is -0.330. The highest BCUT2D eigenvalue weighted by Crippen LogP contribution is 2.04. The van der Waals surface area contributed by atoms with Crippen LogP contribution in [0.1, 0.15) is 13.3 Å². The third kappa shape index (κ3) is 8.07. The van der Waals surface area contributed by atoms with E-state index in [-0.39, 0.29) is 12.6 Å². The van der Waals surface area contributed by atoms with Gasteiger partial charge >= 0.3 is 12.0 Å². The van der Waals surface area contributed by atoms with Gasteiger partial charge in [0, 0.05) is 24.8 Å². The first-order valence-electron chi connectivity index (χ1n) is 6.43. The van der Waals surface area contributed by atoms with Crippen LogP contribution in [0, 0.1) is 0 Å². The zero-order chi connectivity index (χ0) is 15.4. The van der Waals surface area contributed by atoms with Crippen LogP contribution in [0.2, 0.25) is 0 Å². The van der Waals surface area contributed by atoms with Gasteiger partial charge in [-0.3, -0.25) is 0 Å². The summed E-state index contributed by atoms with van der Waals surface area (Å²) in [5.41, 5.74) is 0. The number of nitrogens with zero attached hydrogens (tertiary/aromatic N) is 1. The highest BCUT2D eigenvalue weighted by Gasteiger charge is 2.24. The van der Waals surface area contributed by atoms with E-state index in [4.69, 9.17) is 27.9 Å². The molecule has 0 saturated carbocycles. The molecule has 20 heavy (non-hydrogen) atoms. The van der Waals surface area contributed by atoms with E-state index in [1.807, 2.05) is 6.26 Å². The maximum atomic E-state index is 12.1. The second kappa shape index (κ2) is 12.4. The minimum absolute atomic E-state index is 0.289. The number of hydrogen-bond donors (Lipinski definition) is 1. The molecule has 0 unspecified atom stereocenters. The van der Waals surface area contributed by atoms with Gasteiger partial charge in [-0.25, -0.2) is 9.59 Å². The molecule has 0 aliphatic carbocycles. The molecule has 1 N–H and O–H groups in total. The molecule has 0 radical (unpaired) electrons. The van der Waals surface area contributed by atoms with Crippen molar-refractivity contribution < 1.29 is 14.3 Å². The summed E-state index contributed by atoms with van der Waals surface area (Å²) in [6.07, 6.45) is 2.47. The molecule has 0 aliphatic rings. The van der Waals surface area contributed by atoms with Gasteiger partial charge < -0.3 is 15.0 Å². The van der Waals surface area contributed by atoms with Gasteiger partial charge in [0.1, 0.15) is 6.04 Å². The summed E-state index contributed by atoms with van der Waals surface area (Å²) in [6, 6.07) is -0.978. The van der Waals surface area contributed by atoms with Gasteiger partial charge in [0.15, 0.2) is 0 Å². The average molecular weight is 345 g/mol. The van der Waals surface area contributed by atoms with E-state index in [0.717, 1.165) is 5.75 Å². The van der Waals surface area contributed by atoms with E-state index < -0.39 is 12.0 Å². The molecular weight excluding hydrogens is 323 g/mol. The average Bonchev–Trinajstić information content (AvgIpc) is 2.43. The Morgan fingerprint density at radius 1 is 1.30 bits per heavy atom. The fourth-order valence-corrected chi connectivity index (χ4v) is 2.37. The molecule has 0 aliphatic heterocycles. The molecular formula is C12H22Cl2N2O3S. The highest BCUT2D eigenvalue weighted by molar-refractivity contribution is 7.98. The summed E-state index contributed by atoms with van der Waals surface area (Å²) in [4.78, 5) is 25.4. The van der Waals surface area contributed by atoms with E-state index in [9.17, 15) is 9.59 Å². The number of esters is 1. The van der Waals surface area contributed by atoms with Crippen molar-refractivity contribution in [3.8, 4) is 0 Å². The number of rotatable bonds is 10. The van der Waals surface area contributed by atoms with Crippen molar-refractivity contribution in [2.45, 2.75) is 19.4 Å². The van der Waals surface area contributed by atoms with Gasteiger partial charge in [-0.1, -0.05) is 0 Å². The van der Waals surface area contributed by atoms with Crippen molar-refractivity contribution in [1.82, 2.24) is 10.2 Å². The first-order valence-corrected chi connectivity index (χ1v) is 8.89. The number of urea groups is 1. The molecule has 5 nitrogen and oxygen atoms in total. The smallest absolute Gasteiger partial charge is 0.328 e. The molecule has 0 heterocycles. The number of amides is 2. The Kier molecular flexibility index (Phi) is 12.2. The number of alkyl halides is 2. The summed E-state index contributed by atoms with van der Waals surface area (Å²) < 4.78 is 4.97. The van der Waals surface area contributed by atoms with Crippen molar-refractivity contribution in [3.63, 3.8) is 0 Å². The standard InChI is InChI=1S/C12H22Cl2N2O3S/c1-3-19-11(17)10(4-9-20-2)15-12(18)16(7-5-13)8-6-14/h10H,3-9H2,1-2H3,(H,15,18)/t10-/m0/s1. The van der Waals surface area contributed by atoms with E-state index in [2.05, 4.69) is 5.32 Å². The molecule has 0 aromatic heterocycles. The Bertz CT molecular complexity index is 290. The van der Waals surface area contributed by atoms with Crippen molar-refractivity contribution in [2.24, 2.45) is 0 Å². The lowest BCUT2D eigenvalue weighted by Crippen LogP contribution is -2.49. The Morgan fingerprint density at radius 2 is 1.90 bits per heavy atom. The van der Waals surface area contributed by atoms with Crippen LogP contribution in [0.3, 0.4) is 0 Å². The quantitative estimate of drug-likeness (QED) is 0.487. The van der Waals surface area contributed by atoms with Crippen LogP contribution in [0.4, 0.5) is 4.79 Å². The molecule has 1 atom stereocenters. The lowest BCUT2D eigenvalue weighted by molar-refractivity contribution is -0.145. The van der Waals surface area contributed by atoms with Crippen LogP contribution in [0.15, 0.2) is 0 Å². The number of hydrogen-bond acceptors (Lipinski definition) is 4. The lowest BCUT2D eigenvalue weighted by Gasteiger charge is -2.24. The molecule has 2 amide bonds. The fraction of sp³-hybridized carbons (Fsp3) is 0.833. The molecule has 0 fully saturated rings. The monoisotopic (exact) mass is 344 g/mol. The zero-order valence-corrected chi connectivity index (χ0v) is 14.2. The van der Waals surface area contributed by atoms with Gasteiger partial charge in [-0.2, -0.15) is 11.8 Å². The van der Waals surface area contributed by atoms with Crippen molar-refractivity contribution >= 4 is 47.0 Å². The summed E-state index contributed by atoms with van der Waals surface area (Å²) in [7, 11) is 0. The van der Waals surface area contributed by atoms with E-state index in [1.54, 1.807) is 18.7 Å². The second-order valence-corrected chi connectivity index (χ2v) is 5.64. The maximum absolute atomic E-state index is 12.1. The molecule has 0 aromatic carbocycles.